The number of benzene rings is 2. The van der Waals surface area contributed by atoms with Gasteiger partial charge in [0.1, 0.15) is 11.6 Å². The van der Waals surface area contributed by atoms with Crippen LogP contribution in [-0.4, -0.2) is 37.2 Å². The van der Waals surface area contributed by atoms with Gasteiger partial charge in [-0.3, -0.25) is 4.79 Å². The van der Waals surface area contributed by atoms with E-state index < -0.39 is 0 Å². The molecule has 3 aromatic rings. The van der Waals surface area contributed by atoms with Crippen molar-refractivity contribution >= 4 is 33.0 Å². The molecule has 0 fully saturated rings. The van der Waals surface area contributed by atoms with E-state index in [1.165, 1.54) is 4.68 Å². The largest absolute Gasteiger partial charge is 0.496 e. The highest BCUT2D eigenvalue weighted by molar-refractivity contribution is 9.10. The molecule has 0 N–H and O–H groups in total. The van der Waals surface area contributed by atoms with E-state index in [0.717, 1.165) is 10.9 Å². The molecule has 152 valence electrons. The van der Waals surface area contributed by atoms with Crippen LogP contribution in [0.3, 0.4) is 0 Å². The van der Waals surface area contributed by atoms with Gasteiger partial charge in [0.25, 0.3) is 5.56 Å². The number of hydrogen-bond acceptors (Lipinski definition) is 6. The van der Waals surface area contributed by atoms with Gasteiger partial charge in [-0.25, -0.2) is 4.98 Å². The molecule has 0 atom stereocenters. The van der Waals surface area contributed by atoms with Crippen LogP contribution in [0.5, 0.6) is 17.2 Å². The fourth-order valence-electron chi connectivity index (χ4n) is 2.97. The van der Waals surface area contributed by atoms with Gasteiger partial charge in [-0.05, 0) is 30.7 Å². The summed E-state index contributed by atoms with van der Waals surface area (Å²) < 4.78 is 18.2. The zero-order valence-corrected chi connectivity index (χ0v) is 18.3. The highest BCUT2D eigenvalue weighted by atomic mass is 79.9. The molecule has 29 heavy (non-hydrogen) atoms. The predicted molar refractivity (Wildman–Crippen MR) is 117 cm³/mol. The third-order valence-electron chi connectivity index (χ3n) is 4.40. The highest BCUT2D eigenvalue weighted by Crippen LogP contribution is 2.33. The minimum absolute atomic E-state index is 0.226. The average molecular weight is 460 g/mol. The molecule has 0 unspecified atom stereocenters. The quantitative estimate of drug-likeness (QED) is 0.498. The maximum atomic E-state index is 13.1. The summed E-state index contributed by atoms with van der Waals surface area (Å²) in [5, 5.41) is 4.93. The van der Waals surface area contributed by atoms with Crippen LogP contribution in [0.2, 0.25) is 0 Å². The number of rotatable bonds is 7. The molecular weight excluding hydrogens is 438 g/mol. The molecule has 1 heterocycles. The molecule has 2 aromatic carbocycles. The van der Waals surface area contributed by atoms with Gasteiger partial charge in [0.15, 0.2) is 11.5 Å². The van der Waals surface area contributed by atoms with Gasteiger partial charge in [-0.15, -0.1) is 0 Å². The van der Waals surface area contributed by atoms with Crippen LogP contribution in [-0.2, 0) is 6.42 Å². The van der Waals surface area contributed by atoms with Gasteiger partial charge >= 0.3 is 0 Å². The fourth-order valence-corrected chi connectivity index (χ4v) is 3.33. The number of hydrogen-bond donors (Lipinski definition) is 0. The molecule has 1 aromatic heterocycles. The van der Waals surface area contributed by atoms with Crippen molar-refractivity contribution in [1.82, 2.24) is 9.66 Å². The van der Waals surface area contributed by atoms with Crippen LogP contribution in [0.4, 0.5) is 0 Å². The van der Waals surface area contributed by atoms with E-state index >= 15 is 0 Å². The first-order chi connectivity index (χ1) is 14.0. The molecule has 0 saturated carbocycles. The Kier molecular flexibility index (Phi) is 6.53. The molecule has 0 amide bonds. The monoisotopic (exact) mass is 459 g/mol. The summed E-state index contributed by atoms with van der Waals surface area (Å²) >= 11 is 3.41. The number of halogens is 1. The smallest absolute Gasteiger partial charge is 0.282 e. The van der Waals surface area contributed by atoms with Crippen molar-refractivity contribution < 1.29 is 14.2 Å². The van der Waals surface area contributed by atoms with Gasteiger partial charge in [0.05, 0.1) is 38.4 Å². The molecule has 7 nitrogen and oxygen atoms in total. The lowest BCUT2D eigenvalue weighted by atomic mass is 10.2. The lowest BCUT2D eigenvalue weighted by molar-refractivity contribution is 0.349. The Labute approximate surface area is 177 Å². The van der Waals surface area contributed by atoms with E-state index in [0.29, 0.717) is 46.0 Å². The number of nitrogens with zero attached hydrogens (tertiary/aromatic N) is 3. The van der Waals surface area contributed by atoms with Crippen LogP contribution < -0.4 is 19.8 Å². The van der Waals surface area contributed by atoms with E-state index in [-0.39, 0.29) is 5.56 Å². The molecule has 0 aliphatic heterocycles. The summed E-state index contributed by atoms with van der Waals surface area (Å²) in [5.41, 5.74) is 1.07. The zero-order chi connectivity index (χ0) is 21.0. The van der Waals surface area contributed by atoms with E-state index in [2.05, 4.69) is 26.0 Å². The predicted octanol–water partition coefficient (Wildman–Crippen LogP) is 4.02. The molecule has 0 spiro atoms. The SMILES string of the molecule is CCCc1nc2ccc(Br)cc2c(=O)n1N=Cc1cc(OC)c(OC)cc1OC. The van der Waals surface area contributed by atoms with Crippen LogP contribution in [0.1, 0.15) is 24.7 Å². The summed E-state index contributed by atoms with van der Waals surface area (Å²) in [5.74, 6) is 2.23. The second-order valence-corrected chi connectivity index (χ2v) is 7.17. The Morgan fingerprint density at radius 3 is 2.41 bits per heavy atom. The Morgan fingerprint density at radius 2 is 1.76 bits per heavy atom. The van der Waals surface area contributed by atoms with Gasteiger partial charge < -0.3 is 14.2 Å². The van der Waals surface area contributed by atoms with Crippen molar-refractivity contribution in [3.8, 4) is 17.2 Å². The Bertz CT molecular complexity index is 1130. The van der Waals surface area contributed by atoms with Crippen LogP contribution in [0.25, 0.3) is 10.9 Å². The molecular formula is C21H22BrN3O4. The van der Waals surface area contributed by atoms with Crippen LogP contribution in [0, 0.1) is 0 Å². The van der Waals surface area contributed by atoms with E-state index in [1.807, 2.05) is 19.1 Å². The third-order valence-corrected chi connectivity index (χ3v) is 4.89. The molecule has 8 heteroatoms. The maximum Gasteiger partial charge on any atom is 0.282 e. The second kappa shape index (κ2) is 9.09. The summed E-state index contributed by atoms with van der Waals surface area (Å²) in [6, 6.07) is 8.91. The van der Waals surface area contributed by atoms with Crippen molar-refractivity contribution in [3.63, 3.8) is 0 Å². The Hall–Kier alpha value is -2.87. The molecule has 0 aliphatic rings. The lowest BCUT2D eigenvalue weighted by Gasteiger charge is -2.12. The van der Waals surface area contributed by atoms with Crippen molar-refractivity contribution in [1.29, 1.82) is 0 Å². The first-order valence-electron chi connectivity index (χ1n) is 9.07. The number of aromatic nitrogens is 2. The topological polar surface area (TPSA) is 74.9 Å². The Balaban J connectivity index is 2.16. The standard InChI is InChI=1S/C21H22BrN3O4/c1-5-6-20-24-16-8-7-14(22)10-15(16)21(26)25(20)23-12-13-9-18(28-3)19(29-4)11-17(13)27-2/h7-12H,5-6H2,1-4H3. The number of aryl methyl sites for hydroxylation is 1. The zero-order valence-electron chi connectivity index (χ0n) is 16.7. The van der Waals surface area contributed by atoms with Crippen LogP contribution in [0.15, 0.2) is 44.7 Å². The van der Waals surface area contributed by atoms with Gasteiger partial charge in [0, 0.05) is 22.5 Å². The number of ether oxygens (including phenoxy) is 3. The van der Waals surface area contributed by atoms with Crippen molar-refractivity contribution in [2.24, 2.45) is 5.10 Å². The van der Waals surface area contributed by atoms with Gasteiger partial charge in [0.2, 0.25) is 0 Å². The highest BCUT2D eigenvalue weighted by Gasteiger charge is 2.13. The first kappa shape index (κ1) is 20.9. The Morgan fingerprint density at radius 1 is 1.07 bits per heavy atom. The molecule has 0 saturated heterocycles. The van der Waals surface area contributed by atoms with Crippen LogP contribution >= 0.6 is 15.9 Å². The number of methoxy groups -OCH3 is 3. The molecule has 0 radical (unpaired) electrons. The molecule has 0 aliphatic carbocycles. The van der Waals surface area contributed by atoms with E-state index in [1.54, 1.807) is 45.7 Å². The van der Waals surface area contributed by atoms with E-state index in [4.69, 9.17) is 14.2 Å². The maximum absolute atomic E-state index is 13.1. The minimum atomic E-state index is -0.226. The molecule has 0 bridgehead atoms. The van der Waals surface area contributed by atoms with E-state index in [9.17, 15) is 4.79 Å². The first-order valence-corrected chi connectivity index (χ1v) is 9.87. The fraction of sp³-hybridized carbons (Fsp3) is 0.286. The minimum Gasteiger partial charge on any atom is -0.496 e. The molecule has 3 rings (SSSR count). The van der Waals surface area contributed by atoms with Gasteiger partial charge in [-0.1, -0.05) is 22.9 Å². The van der Waals surface area contributed by atoms with Crippen molar-refractivity contribution in [2.75, 3.05) is 21.3 Å². The van der Waals surface area contributed by atoms with Crippen molar-refractivity contribution in [3.05, 3.63) is 56.5 Å². The summed E-state index contributed by atoms with van der Waals surface area (Å²) in [4.78, 5) is 17.7. The number of fused-ring (bicyclic) bond motifs is 1. The van der Waals surface area contributed by atoms with Crippen molar-refractivity contribution in [2.45, 2.75) is 19.8 Å². The lowest BCUT2D eigenvalue weighted by Crippen LogP contribution is -2.22. The normalized spacial score (nSPS) is 11.2. The second-order valence-electron chi connectivity index (χ2n) is 6.25. The third kappa shape index (κ3) is 4.27. The summed E-state index contributed by atoms with van der Waals surface area (Å²) in [6.45, 7) is 2.03. The van der Waals surface area contributed by atoms with Gasteiger partial charge in [-0.2, -0.15) is 9.78 Å². The summed E-state index contributed by atoms with van der Waals surface area (Å²) in [6.07, 6.45) is 3.03. The average Bonchev–Trinajstić information content (AvgIpc) is 2.73. The summed E-state index contributed by atoms with van der Waals surface area (Å²) in [7, 11) is 4.67.